The van der Waals surface area contributed by atoms with Crippen LogP contribution in [0.5, 0.6) is 0 Å². The minimum atomic E-state index is 0.661. The normalized spacial score (nSPS) is 18.2. The van der Waals surface area contributed by atoms with Crippen LogP contribution in [0.3, 0.4) is 0 Å². The highest BCUT2D eigenvalue weighted by Crippen LogP contribution is 2.27. The monoisotopic (exact) mass is 245 g/mol. The number of aryl methyl sites for hydroxylation is 3. The molecule has 0 amide bonds. The first-order valence-electron chi connectivity index (χ1n) is 7.38. The highest BCUT2D eigenvalue weighted by atomic mass is 14.9. The Labute approximate surface area is 112 Å². The molecule has 1 fully saturated rings. The Balaban J connectivity index is 1.95. The van der Waals surface area contributed by atoms with E-state index in [-0.39, 0.29) is 0 Å². The predicted molar refractivity (Wildman–Crippen MR) is 78.9 cm³/mol. The molecule has 0 radical (unpaired) electrons. The van der Waals surface area contributed by atoms with Gasteiger partial charge in [-0.3, -0.25) is 0 Å². The zero-order valence-corrected chi connectivity index (χ0v) is 12.3. The van der Waals surface area contributed by atoms with E-state index in [1.54, 1.807) is 0 Å². The Morgan fingerprint density at radius 1 is 1.06 bits per heavy atom. The van der Waals surface area contributed by atoms with E-state index < -0.39 is 0 Å². The average molecular weight is 245 g/mol. The quantitative estimate of drug-likeness (QED) is 0.835. The number of hydrogen-bond donors (Lipinski definition) is 1. The molecular weight excluding hydrogens is 218 g/mol. The van der Waals surface area contributed by atoms with Crippen molar-refractivity contribution in [1.82, 2.24) is 5.32 Å². The van der Waals surface area contributed by atoms with Gasteiger partial charge in [-0.2, -0.15) is 0 Å². The number of nitrogens with one attached hydrogen (secondary N) is 1. The van der Waals surface area contributed by atoms with Crippen molar-refractivity contribution < 1.29 is 0 Å². The standard InChI is InChI=1S/C17H27N/c1-12-9-14(3)17(10-13(12)2)11-18-15(4)16-7-5-6-8-16/h9-10,15-16,18H,5-8,11H2,1-4H3. The maximum atomic E-state index is 3.73. The van der Waals surface area contributed by atoms with Crippen LogP contribution in [0.15, 0.2) is 12.1 Å². The lowest BCUT2D eigenvalue weighted by atomic mass is 9.98. The van der Waals surface area contributed by atoms with E-state index in [0.29, 0.717) is 6.04 Å². The van der Waals surface area contributed by atoms with Gasteiger partial charge in [0.1, 0.15) is 0 Å². The van der Waals surface area contributed by atoms with Crippen LogP contribution in [0.1, 0.15) is 54.9 Å². The molecule has 0 bridgehead atoms. The van der Waals surface area contributed by atoms with Gasteiger partial charge >= 0.3 is 0 Å². The van der Waals surface area contributed by atoms with E-state index in [2.05, 4.69) is 45.1 Å². The van der Waals surface area contributed by atoms with Gasteiger partial charge in [-0.05, 0) is 68.7 Å². The predicted octanol–water partition coefficient (Wildman–Crippen LogP) is 4.28. The van der Waals surface area contributed by atoms with Crippen molar-refractivity contribution in [3.05, 3.63) is 34.4 Å². The highest BCUT2D eigenvalue weighted by molar-refractivity contribution is 5.36. The molecule has 1 unspecified atom stereocenters. The van der Waals surface area contributed by atoms with Crippen molar-refractivity contribution in [3.8, 4) is 0 Å². The zero-order chi connectivity index (χ0) is 13.1. The molecule has 100 valence electrons. The van der Waals surface area contributed by atoms with E-state index in [1.807, 2.05) is 0 Å². The van der Waals surface area contributed by atoms with Crippen molar-refractivity contribution in [3.63, 3.8) is 0 Å². The van der Waals surface area contributed by atoms with Gasteiger partial charge in [0.2, 0.25) is 0 Å². The summed E-state index contributed by atoms with van der Waals surface area (Å²) < 4.78 is 0. The number of rotatable bonds is 4. The van der Waals surface area contributed by atoms with Gasteiger partial charge < -0.3 is 5.32 Å². The summed E-state index contributed by atoms with van der Waals surface area (Å²) in [5.74, 6) is 0.900. The first-order valence-corrected chi connectivity index (χ1v) is 7.38. The summed E-state index contributed by atoms with van der Waals surface area (Å²) in [7, 11) is 0. The fraction of sp³-hybridized carbons (Fsp3) is 0.647. The molecular formula is C17H27N. The van der Waals surface area contributed by atoms with Gasteiger partial charge in [0.05, 0.1) is 0 Å². The van der Waals surface area contributed by atoms with E-state index in [0.717, 1.165) is 12.5 Å². The lowest BCUT2D eigenvalue weighted by molar-refractivity contribution is 0.380. The third-order valence-electron chi connectivity index (χ3n) is 4.67. The minimum Gasteiger partial charge on any atom is -0.310 e. The van der Waals surface area contributed by atoms with Crippen molar-refractivity contribution in [2.24, 2.45) is 5.92 Å². The van der Waals surface area contributed by atoms with Gasteiger partial charge in [-0.25, -0.2) is 0 Å². The minimum absolute atomic E-state index is 0.661. The molecule has 1 saturated carbocycles. The largest absolute Gasteiger partial charge is 0.310 e. The van der Waals surface area contributed by atoms with Crippen LogP contribution in [0.4, 0.5) is 0 Å². The average Bonchev–Trinajstić information content (AvgIpc) is 2.85. The van der Waals surface area contributed by atoms with Crippen molar-refractivity contribution in [2.45, 2.75) is 66.0 Å². The molecule has 1 aliphatic rings. The number of hydrogen-bond acceptors (Lipinski definition) is 1. The van der Waals surface area contributed by atoms with Crippen LogP contribution in [0.2, 0.25) is 0 Å². The second-order valence-electron chi connectivity index (χ2n) is 6.08. The summed E-state index contributed by atoms with van der Waals surface area (Å²) in [5, 5.41) is 3.73. The molecule has 1 N–H and O–H groups in total. The van der Waals surface area contributed by atoms with E-state index in [1.165, 1.54) is 47.9 Å². The Kier molecular flexibility index (Phi) is 4.45. The molecule has 1 heteroatoms. The van der Waals surface area contributed by atoms with Crippen molar-refractivity contribution in [2.75, 3.05) is 0 Å². The first kappa shape index (κ1) is 13.6. The summed E-state index contributed by atoms with van der Waals surface area (Å²) in [6.07, 6.45) is 5.69. The van der Waals surface area contributed by atoms with Crippen LogP contribution < -0.4 is 5.32 Å². The van der Waals surface area contributed by atoms with Crippen LogP contribution in [0, 0.1) is 26.7 Å². The molecule has 0 heterocycles. The zero-order valence-electron chi connectivity index (χ0n) is 12.3. The topological polar surface area (TPSA) is 12.0 Å². The van der Waals surface area contributed by atoms with E-state index in [4.69, 9.17) is 0 Å². The highest BCUT2D eigenvalue weighted by Gasteiger charge is 2.20. The second kappa shape index (κ2) is 5.88. The molecule has 1 aliphatic carbocycles. The maximum absolute atomic E-state index is 3.73. The van der Waals surface area contributed by atoms with E-state index >= 15 is 0 Å². The summed E-state index contributed by atoms with van der Waals surface area (Å²) in [4.78, 5) is 0. The molecule has 1 nitrogen and oxygen atoms in total. The second-order valence-corrected chi connectivity index (χ2v) is 6.08. The Hall–Kier alpha value is -0.820. The summed E-state index contributed by atoms with van der Waals surface area (Å²) >= 11 is 0. The van der Waals surface area contributed by atoms with E-state index in [9.17, 15) is 0 Å². The lowest BCUT2D eigenvalue weighted by Gasteiger charge is -2.21. The van der Waals surface area contributed by atoms with Gasteiger partial charge in [0.25, 0.3) is 0 Å². The van der Waals surface area contributed by atoms with Crippen molar-refractivity contribution >= 4 is 0 Å². The Morgan fingerprint density at radius 3 is 2.33 bits per heavy atom. The maximum Gasteiger partial charge on any atom is 0.0210 e. The molecule has 1 aromatic rings. The lowest BCUT2D eigenvalue weighted by Crippen LogP contribution is -2.32. The summed E-state index contributed by atoms with van der Waals surface area (Å²) in [6, 6.07) is 5.32. The van der Waals surface area contributed by atoms with Gasteiger partial charge in [-0.1, -0.05) is 25.0 Å². The van der Waals surface area contributed by atoms with Crippen LogP contribution >= 0.6 is 0 Å². The van der Waals surface area contributed by atoms with Crippen LogP contribution in [0.25, 0.3) is 0 Å². The van der Waals surface area contributed by atoms with Gasteiger partial charge in [0, 0.05) is 12.6 Å². The third-order valence-corrected chi connectivity index (χ3v) is 4.67. The van der Waals surface area contributed by atoms with Gasteiger partial charge in [-0.15, -0.1) is 0 Å². The Morgan fingerprint density at radius 2 is 1.67 bits per heavy atom. The first-order chi connectivity index (χ1) is 8.58. The molecule has 0 aromatic heterocycles. The summed E-state index contributed by atoms with van der Waals surface area (Å²) in [5.41, 5.74) is 5.69. The van der Waals surface area contributed by atoms with Crippen LogP contribution in [-0.2, 0) is 6.54 Å². The molecule has 18 heavy (non-hydrogen) atoms. The smallest absolute Gasteiger partial charge is 0.0210 e. The Bertz CT molecular complexity index is 402. The number of benzene rings is 1. The molecule has 1 aromatic carbocycles. The van der Waals surface area contributed by atoms with Gasteiger partial charge in [0.15, 0.2) is 0 Å². The molecule has 0 spiro atoms. The summed E-state index contributed by atoms with van der Waals surface area (Å²) in [6.45, 7) is 10.0. The SMILES string of the molecule is Cc1cc(C)c(CNC(C)C2CCCC2)cc1C. The molecule has 2 rings (SSSR count). The van der Waals surface area contributed by atoms with Crippen molar-refractivity contribution in [1.29, 1.82) is 0 Å². The fourth-order valence-corrected chi connectivity index (χ4v) is 3.11. The third kappa shape index (κ3) is 3.14. The molecule has 0 saturated heterocycles. The van der Waals surface area contributed by atoms with Crippen LogP contribution in [-0.4, -0.2) is 6.04 Å². The fourth-order valence-electron chi connectivity index (χ4n) is 3.11. The molecule has 1 atom stereocenters. The molecule has 0 aliphatic heterocycles.